The zero-order valence-electron chi connectivity index (χ0n) is 10.9. The van der Waals surface area contributed by atoms with Crippen molar-refractivity contribution < 1.29 is 14.6 Å². The molecule has 1 aromatic carbocycles. The molecule has 0 atom stereocenters. The lowest BCUT2D eigenvalue weighted by Crippen LogP contribution is -2.42. The van der Waals surface area contributed by atoms with Crippen molar-refractivity contribution in [2.75, 3.05) is 20.8 Å². The Labute approximate surface area is 103 Å². The summed E-state index contributed by atoms with van der Waals surface area (Å²) in [6.07, 6.45) is 0. The standard InChI is InChI=1S/C13H21NO3/c1-13(2,9-15)14-8-10-5-6-11(16-3)12(7-10)17-4/h5-7,14-15H,8-9H2,1-4H3. The smallest absolute Gasteiger partial charge is 0.161 e. The maximum Gasteiger partial charge on any atom is 0.161 e. The lowest BCUT2D eigenvalue weighted by atomic mass is 10.1. The molecule has 0 aliphatic heterocycles. The summed E-state index contributed by atoms with van der Waals surface area (Å²) >= 11 is 0. The maximum atomic E-state index is 9.15. The molecule has 1 rings (SSSR count). The Hall–Kier alpha value is -1.26. The van der Waals surface area contributed by atoms with Crippen LogP contribution in [0.5, 0.6) is 11.5 Å². The van der Waals surface area contributed by atoms with E-state index in [1.165, 1.54) is 0 Å². The van der Waals surface area contributed by atoms with Crippen molar-refractivity contribution in [2.24, 2.45) is 0 Å². The van der Waals surface area contributed by atoms with Gasteiger partial charge in [0, 0.05) is 12.1 Å². The van der Waals surface area contributed by atoms with Crippen LogP contribution >= 0.6 is 0 Å². The molecule has 0 amide bonds. The summed E-state index contributed by atoms with van der Waals surface area (Å²) in [5.41, 5.74) is 0.803. The summed E-state index contributed by atoms with van der Waals surface area (Å²) in [7, 11) is 3.23. The van der Waals surface area contributed by atoms with E-state index in [-0.39, 0.29) is 12.1 Å². The van der Waals surface area contributed by atoms with Crippen molar-refractivity contribution in [3.63, 3.8) is 0 Å². The zero-order valence-corrected chi connectivity index (χ0v) is 10.9. The van der Waals surface area contributed by atoms with E-state index < -0.39 is 0 Å². The number of hydrogen-bond acceptors (Lipinski definition) is 4. The summed E-state index contributed by atoms with van der Waals surface area (Å²) in [6, 6.07) is 5.78. The van der Waals surface area contributed by atoms with Gasteiger partial charge in [-0.05, 0) is 31.5 Å². The van der Waals surface area contributed by atoms with Crippen molar-refractivity contribution in [1.29, 1.82) is 0 Å². The molecule has 4 heteroatoms. The molecule has 1 aromatic rings. The van der Waals surface area contributed by atoms with Crippen LogP contribution in [0, 0.1) is 0 Å². The van der Waals surface area contributed by atoms with Crippen LogP contribution in [-0.4, -0.2) is 31.5 Å². The quantitative estimate of drug-likeness (QED) is 0.791. The molecule has 96 valence electrons. The van der Waals surface area contributed by atoms with Crippen molar-refractivity contribution in [1.82, 2.24) is 5.32 Å². The van der Waals surface area contributed by atoms with Crippen LogP contribution in [0.3, 0.4) is 0 Å². The van der Waals surface area contributed by atoms with Crippen LogP contribution in [0.2, 0.25) is 0 Å². The molecule has 0 saturated heterocycles. The second-order valence-electron chi connectivity index (χ2n) is 4.58. The Morgan fingerprint density at radius 3 is 2.35 bits per heavy atom. The molecular weight excluding hydrogens is 218 g/mol. The fourth-order valence-electron chi connectivity index (χ4n) is 1.39. The average Bonchev–Trinajstić information content (AvgIpc) is 2.36. The Balaban J connectivity index is 2.73. The number of hydrogen-bond donors (Lipinski definition) is 2. The van der Waals surface area contributed by atoms with Gasteiger partial charge in [0.15, 0.2) is 11.5 Å². The largest absolute Gasteiger partial charge is 0.493 e. The molecule has 0 unspecified atom stereocenters. The molecule has 0 fully saturated rings. The van der Waals surface area contributed by atoms with Gasteiger partial charge in [-0.2, -0.15) is 0 Å². The van der Waals surface area contributed by atoms with Crippen LogP contribution < -0.4 is 14.8 Å². The molecule has 4 nitrogen and oxygen atoms in total. The second-order valence-corrected chi connectivity index (χ2v) is 4.58. The van der Waals surface area contributed by atoms with E-state index in [1.807, 2.05) is 32.0 Å². The van der Waals surface area contributed by atoms with Crippen molar-refractivity contribution in [3.8, 4) is 11.5 Å². The molecular formula is C13H21NO3. The van der Waals surface area contributed by atoms with E-state index in [2.05, 4.69) is 5.32 Å². The Kier molecular flexibility index (Phi) is 4.78. The number of aliphatic hydroxyl groups is 1. The third-order valence-corrected chi connectivity index (χ3v) is 2.61. The van der Waals surface area contributed by atoms with E-state index in [1.54, 1.807) is 14.2 Å². The van der Waals surface area contributed by atoms with Gasteiger partial charge in [-0.25, -0.2) is 0 Å². The predicted octanol–water partition coefficient (Wildman–Crippen LogP) is 1.56. The summed E-state index contributed by atoms with van der Waals surface area (Å²) in [5.74, 6) is 1.44. The molecule has 0 saturated carbocycles. The lowest BCUT2D eigenvalue weighted by Gasteiger charge is -2.23. The second kappa shape index (κ2) is 5.89. The van der Waals surface area contributed by atoms with Gasteiger partial charge in [-0.3, -0.25) is 0 Å². The summed E-state index contributed by atoms with van der Waals surface area (Å²) < 4.78 is 10.4. The minimum absolute atomic E-state index is 0.0975. The highest BCUT2D eigenvalue weighted by Gasteiger charge is 2.15. The number of aliphatic hydroxyl groups excluding tert-OH is 1. The number of rotatable bonds is 6. The Bertz CT molecular complexity index is 364. The van der Waals surface area contributed by atoms with E-state index >= 15 is 0 Å². The highest BCUT2D eigenvalue weighted by Crippen LogP contribution is 2.27. The number of methoxy groups -OCH3 is 2. The molecule has 17 heavy (non-hydrogen) atoms. The molecule has 0 spiro atoms. The van der Waals surface area contributed by atoms with Crippen LogP contribution in [0.15, 0.2) is 18.2 Å². The molecule has 0 aromatic heterocycles. The van der Waals surface area contributed by atoms with E-state index in [0.717, 1.165) is 11.3 Å². The van der Waals surface area contributed by atoms with Gasteiger partial charge in [0.2, 0.25) is 0 Å². The van der Waals surface area contributed by atoms with Gasteiger partial charge in [0.1, 0.15) is 0 Å². The van der Waals surface area contributed by atoms with Gasteiger partial charge < -0.3 is 19.9 Å². The Morgan fingerprint density at radius 1 is 1.18 bits per heavy atom. The third-order valence-electron chi connectivity index (χ3n) is 2.61. The molecule has 0 aliphatic carbocycles. The number of benzene rings is 1. The predicted molar refractivity (Wildman–Crippen MR) is 67.6 cm³/mol. The van der Waals surface area contributed by atoms with Gasteiger partial charge in [-0.1, -0.05) is 6.07 Å². The van der Waals surface area contributed by atoms with Gasteiger partial charge >= 0.3 is 0 Å². The minimum Gasteiger partial charge on any atom is -0.493 e. The first-order valence-corrected chi connectivity index (χ1v) is 5.59. The first-order chi connectivity index (χ1) is 8.02. The normalized spacial score (nSPS) is 11.4. The molecule has 2 N–H and O–H groups in total. The summed E-state index contributed by atoms with van der Waals surface area (Å²) in [6.45, 7) is 4.68. The van der Waals surface area contributed by atoms with Crippen LogP contribution in [0.4, 0.5) is 0 Å². The van der Waals surface area contributed by atoms with Gasteiger partial charge in [-0.15, -0.1) is 0 Å². The Morgan fingerprint density at radius 2 is 1.82 bits per heavy atom. The number of nitrogens with one attached hydrogen (secondary N) is 1. The number of ether oxygens (including phenoxy) is 2. The van der Waals surface area contributed by atoms with E-state index in [9.17, 15) is 0 Å². The van der Waals surface area contributed by atoms with E-state index in [4.69, 9.17) is 14.6 Å². The highest BCUT2D eigenvalue weighted by molar-refractivity contribution is 5.42. The molecule has 0 aliphatic rings. The zero-order chi connectivity index (χ0) is 12.9. The van der Waals surface area contributed by atoms with Crippen molar-refractivity contribution in [2.45, 2.75) is 25.9 Å². The molecule has 0 radical (unpaired) electrons. The lowest BCUT2D eigenvalue weighted by molar-refractivity contribution is 0.187. The first kappa shape index (κ1) is 13.8. The molecule has 0 heterocycles. The fraction of sp³-hybridized carbons (Fsp3) is 0.538. The molecule has 0 bridgehead atoms. The van der Waals surface area contributed by atoms with Gasteiger partial charge in [0.25, 0.3) is 0 Å². The van der Waals surface area contributed by atoms with Crippen LogP contribution in [0.1, 0.15) is 19.4 Å². The fourth-order valence-corrected chi connectivity index (χ4v) is 1.39. The van der Waals surface area contributed by atoms with Gasteiger partial charge in [0.05, 0.1) is 20.8 Å². The average molecular weight is 239 g/mol. The SMILES string of the molecule is COc1ccc(CNC(C)(C)CO)cc1OC. The van der Waals surface area contributed by atoms with Crippen molar-refractivity contribution >= 4 is 0 Å². The minimum atomic E-state index is -0.285. The first-order valence-electron chi connectivity index (χ1n) is 5.59. The van der Waals surface area contributed by atoms with E-state index in [0.29, 0.717) is 12.3 Å². The van der Waals surface area contributed by atoms with Crippen LogP contribution in [0.25, 0.3) is 0 Å². The third kappa shape index (κ3) is 3.91. The maximum absolute atomic E-state index is 9.15. The van der Waals surface area contributed by atoms with Crippen LogP contribution in [-0.2, 0) is 6.54 Å². The summed E-state index contributed by atoms with van der Waals surface area (Å²) in [5, 5.41) is 12.4. The monoisotopic (exact) mass is 239 g/mol. The topological polar surface area (TPSA) is 50.7 Å². The van der Waals surface area contributed by atoms with Crippen molar-refractivity contribution in [3.05, 3.63) is 23.8 Å². The highest BCUT2D eigenvalue weighted by atomic mass is 16.5. The summed E-state index contributed by atoms with van der Waals surface area (Å²) in [4.78, 5) is 0.